The molecule has 1 aromatic carbocycles. The van der Waals surface area contributed by atoms with Crippen LogP contribution in [0.3, 0.4) is 0 Å². The van der Waals surface area contributed by atoms with Gasteiger partial charge in [-0.2, -0.15) is 0 Å². The number of nitrogens with two attached hydrogens (primary N) is 1. The van der Waals surface area contributed by atoms with Crippen LogP contribution in [-0.2, 0) is 20.6 Å². The smallest absolute Gasteiger partial charge is 0.323 e. The third-order valence-electron chi connectivity index (χ3n) is 3.84. The summed E-state index contributed by atoms with van der Waals surface area (Å²) in [6.45, 7) is 0.411. The molecule has 0 spiro atoms. The average molecular weight is 299 g/mol. The summed E-state index contributed by atoms with van der Waals surface area (Å²) in [6, 6.07) is 9.39. The van der Waals surface area contributed by atoms with Crippen molar-refractivity contribution < 1.29 is 0 Å². The van der Waals surface area contributed by atoms with Crippen LogP contribution < -0.4 is 17.0 Å². The van der Waals surface area contributed by atoms with Crippen molar-refractivity contribution in [2.45, 2.75) is 12.6 Å². The van der Waals surface area contributed by atoms with Gasteiger partial charge >= 0.3 is 5.69 Å². The molecule has 0 aliphatic carbocycles. The molecule has 0 radical (unpaired) electrons. The van der Waals surface area contributed by atoms with Gasteiger partial charge in [0, 0.05) is 26.7 Å². The third-order valence-corrected chi connectivity index (χ3v) is 3.84. The molecule has 7 heteroatoms. The first kappa shape index (κ1) is 14.3. The molecule has 0 aliphatic heterocycles. The first-order valence-corrected chi connectivity index (χ1v) is 6.92. The molecule has 3 aromatic rings. The second-order valence-corrected chi connectivity index (χ2v) is 5.29. The van der Waals surface area contributed by atoms with E-state index in [-0.39, 0.29) is 11.6 Å². The van der Waals surface area contributed by atoms with Crippen LogP contribution in [0.1, 0.15) is 11.6 Å². The molecule has 2 heterocycles. The summed E-state index contributed by atoms with van der Waals surface area (Å²) in [4.78, 5) is 28.4. The zero-order chi connectivity index (χ0) is 15.9. The summed E-state index contributed by atoms with van der Waals surface area (Å²) in [5.74, 6) is 0. The standard InChI is InChI=1S/C15H17N5O2/c1-18-13-12(14(21)19(2)15(18)22)20(9-17-13)8-11(16)10-6-4-3-5-7-10/h3-7,9,11H,8,16H2,1-2H3. The Morgan fingerprint density at radius 1 is 1.14 bits per heavy atom. The molecule has 2 aromatic heterocycles. The molecule has 114 valence electrons. The van der Waals surface area contributed by atoms with Crippen LogP contribution in [0.4, 0.5) is 0 Å². The molecule has 0 fully saturated rings. The van der Waals surface area contributed by atoms with Gasteiger partial charge in [-0.15, -0.1) is 0 Å². The van der Waals surface area contributed by atoms with Crippen LogP contribution in [0.5, 0.6) is 0 Å². The number of rotatable bonds is 3. The van der Waals surface area contributed by atoms with Crippen molar-refractivity contribution in [3.63, 3.8) is 0 Å². The summed E-state index contributed by atoms with van der Waals surface area (Å²) < 4.78 is 4.14. The average Bonchev–Trinajstić information content (AvgIpc) is 2.95. The van der Waals surface area contributed by atoms with Gasteiger partial charge in [-0.05, 0) is 5.56 Å². The number of nitrogens with zero attached hydrogens (tertiary/aromatic N) is 4. The highest BCUT2D eigenvalue weighted by Gasteiger charge is 2.16. The molecule has 2 N–H and O–H groups in total. The highest BCUT2D eigenvalue weighted by Crippen LogP contribution is 2.14. The number of aromatic nitrogens is 4. The van der Waals surface area contributed by atoms with E-state index in [0.29, 0.717) is 17.7 Å². The highest BCUT2D eigenvalue weighted by molar-refractivity contribution is 5.69. The number of hydrogen-bond acceptors (Lipinski definition) is 4. The minimum absolute atomic E-state index is 0.263. The largest absolute Gasteiger partial charge is 0.332 e. The van der Waals surface area contributed by atoms with Gasteiger partial charge in [-0.1, -0.05) is 30.3 Å². The monoisotopic (exact) mass is 299 g/mol. The second-order valence-electron chi connectivity index (χ2n) is 5.29. The van der Waals surface area contributed by atoms with E-state index in [4.69, 9.17) is 5.73 Å². The Hall–Kier alpha value is -2.67. The minimum Gasteiger partial charge on any atom is -0.323 e. The molecular weight excluding hydrogens is 282 g/mol. The van der Waals surface area contributed by atoms with Crippen LogP contribution in [0, 0.1) is 0 Å². The highest BCUT2D eigenvalue weighted by atomic mass is 16.2. The van der Waals surface area contributed by atoms with Crippen LogP contribution >= 0.6 is 0 Å². The fraction of sp³-hybridized carbons (Fsp3) is 0.267. The van der Waals surface area contributed by atoms with Crippen LogP contribution in [-0.4, -0.2) is 18.7 Å². The van der Waals surface area contributed by atoms with Gasteiger partial charge in [0.2, 0.25) is 0 Å². The van der Waals surface area contributed by atoms with Gasteiger partial charge in [0.05, 0.1) is 6.33 Å². The second kappa shape index (κ2) is 5.27. The molecule has 3 rings (SSSR count). The van der Waals surface area contributed by atoms with Gasteiger partial charge in [0.1, 0.15) is 0 Å². The molecule has 0 aliphatic rings. The summed E-state index contributed by atoms with van der Waals surface area (Å²) >= 11 is 0. The van der Waals surface area contributed by atoms with E-state index >= 15 is 0 Å². The lowest BCUT2D eigenvalue weighted by atomic mass is 10.1. The molecule has 1 atom stereocenters. The quantitative estimate of drug-likeness (QED) is 0.745. The number of fused-ring (bicyclic) bond motifs is 1. The Kier molecular flexibility index (Phi) is 3.42. The number of benzene rings is 1. The molecule has 1 unspecified atom stereocenters. The van der Waals surface area contributed by atoms with Crippen molar-refractivity contribution in [2.75, 3.05) is 0 Å². The molecule has 0 amide bonds. The van der Waals surface area contributed by atoms with Crippen molar-refractivity contribution >= 4 is 11.2 Å². The van der Waals surface area contributed by atoms with Crippen molar-refractivity contribution in [3.8, 4) is 0 Å². The summed E-state index contributed by atoms with van der Waals surface area (Å²) in [5.41, 5.74) is 7.18. The predicted octanol–water partition coefficient (Wildman–Crippen LogP) is 0.134. The lowest BCUT2D eigenvalue weighted by molar-refractivity contribution is 0.584. The van der Waals surface area contributed by atoms with Gasteiger partial charge in [0.15, 0.2) is 11.2 Å². The van der Waals surface area contributed by atoms with Crippen LogP contribution in [0.25, 0.3) is 11.2 Å². The van der Waals surface area contributed by atoms with Crippen LogP contribution in [0.15, 0.2) is 46.2 Å². The normalized spacial score (nSPS) is 12.7. The van der Waals surface area contributed by atoms with Crippen molar-refractivity contribution in [1.29, 1.82) is 0 Å². The summed E-state index contributed by atoms with van der Waals surface area (Å²) in [6.07, 6.45) is 1.55. The van der Waals surface area contributed by atoms with Gasteiger partial charge < -0.3 is 10.3 Å². The van der Waals surface area contributed by atoms with Crippen molar-refractivity contribution in [1.82, 2.24) is 18.7 Å². The molecule has 0 saturated heterocycles. The number of hydrogen-bond donors (Lipinski definition) is 1. The van der Waals surface area contributed by atoms with Crippen LogP contribution in [0.2, 0.25) is 0 Å². The molecular formula is C15H17N5O2. The minimum atomic E-state index is -0.393. The predicted molar refractivity (Wildman–Crippen MR) is 83.6 cm³/mol. The topological polar surface area (TPSA) is 87.8 Å². The first-order valence-electron chi connectivity index (χ1n) is 6.92. The maximum atomic E-state index is 12.3. The Labute approximate surface area is 126 Å². The third kappa shape index (κ3) is 2.15. The van der Waals surface area contributed by atoms with Crippen molar-refractivity contribution in [3.05, 3.63) is 63.1 Å². The lowest BCUT2D eigenvalue weighted by Crippen LogP contribution is -2.37. The van der Waals surface area contributed by atoms with E-state index in [1.807, 2.05) is 30.3 Å². The zero-order valence-corrected chi connectivity index (χ0v) is 12.4. The Bertz CT molecular complexity index is 936. The van der Waals surface area contributed by atoms with E-state index in [1.54, 1.807) is 17.9 Å². The molecule has 0 bridgehead atoms. The number of aryl methyl sites for hydroxylation is 1. The zero-order valence-electron chi connectivity index (χ0n) is 12.4. The fourth-order valence-electron chi connectivity index (χ4n) is 2.55. The first-order chi connectivity index (χ1) is 10.5. The van der Waals surface area contributed by atoms with Gasteiger partial charge in [-0.3, -0.25) is 13.9 Å². The Morgan fingerprint density at radius 2 is 1.82 bits per heavy atom. The Morgan fingerprint density at radius 3 is 2.50 bits per heavy atom. The summed E-state index contributed by atoms with van der Waals surface area (Å²) in [5, 5.41) is 0. The lowest BCUT2D eigenvalue weighted by Gasteiger charge is -2.13. The molecule has 7 nitrogen and oxygen atoms in total. The molecule has 22 heavy (non-hydrogen) atoms. The Balaban J connectivity index is 2.10. The van der Waals surface area contributed by atoms with E-state index < -0.39 is 5.69 Å². The SMILES string of the molecule is Cn1c(=O)c2c(ncn2CC(N)c2ccccc2)n(C)c1=O. The molecule has 0 saturated carbocycles. The van der Waals surface area contributed by atoms with Crippen molar-refractivity contribution in [2.24, 2.45) is 19.8 Å². The van der Waals surface area contributed by atoms with E-state index in [0.717, 1.165) is 10.1 Å². The van der Waals surface area contributed by atoms with E-state index in [2.05, 4.69) is 4.98 Å². The van der Waals surface area contributed by atoms with Gasteiger partial charge in [0.25, 0.3) is 5.56 Å². The maximum absolute atomic E-state index is 12.3. The number of imidazole rings is 1. The fourth-order valence-corrected chi connectivity index (χ4v) is 2.55. The maximum Gasteiger partial charge on any atom is 0.332 e. The summed E-state index contributed by atoms with van der Waals surface area (Å²) in [7, 11) is 3.05. The van der Waals surface area contributed by atoms with Gasteiger partial charge in [-0.25, -0.2) is 9.78 Å². The van der Waals surface area contributed by atoms with E-state index in [9.17, 15) is 9.59 Å². The van der Waals surface area contributed by atoms with E-state index in [1.165, 1.54) is 11.6 Å².